The SMILES string of the molecule is Clc1csc(CNCc2cccs2)c1. The summed E-state index contributed by atoms with van der Waals surface area (Å²) in [5.74, 6) is 0. The Morgan fingerprint density at radius 1 is 1.21 bits per heavy atom. The molecule has 0 unspecified atom stereocenters. The Bertz CT molecular complexity index is 380. The molecule has 0 aliphatic carbocycles. The van der Waals surface area contributed by atoms with Crippen molar-refractivity contribution in [3.8, 4) is 0 Å². The van der Waals surface area contributed by atoms with Crippen molar-refractivity contribution >= 4 is 34.3 Å². The van der Waals surface area contributed by atoms with Crippen molar-refractivity contribution in [2.75, 3.05) is 0 Å². The van der Waals surface area contributed by atoms with Gasteiger partial charge in [-0.05, 0) is 17.5 Å². The Kier molecular flexibility index (Phi) is 3.59. The van der Waals surface area contributed by atoms with E-state index in [-0.39, 0.29) is 0 Å². The van der Waals surface area contributed by atoms with Crippen molar-refractivity contribution in [3.63, 3.8) is 0 Å². The van der Waals surface area contributed by atoms with Crippen LogP contribution in [0.5, 0.6) is 0 Å². The first-order chi connectivity index (χ1) is 6.84. The quantitative estimate of drug-likeness (QED) is 0.863. The lowest BCUT2D eigenvalue weighted by Gasteiger charge is -1.99. The third-order valence-corrected chi connectivity index (χ3v) is 3.96. The van der Waals surface area contributed by atoms with Gasteiger partial charge in [0.25, 0.3) is 0 Å². The van der Waals surface area contributed by atoms with E-state index < -0.39 is 0 Å². The number of thiophene rings is 2. The van der Waals surface area contributed by atoms with Gasteiger partial charge in [0, 0.05) is 28.2 Å². The largest absolute Gasteiger partial charge is 0.307 e. The Balaban J connectivity index is 1.78. The van der Waals surface area contributed by atoms with E-state index in [1.54, 1.807) is 22.7 Å². The van der Waals surface area contributed by atoms with E-state index in [0.717, 1.165) is 18.1 Å². The molecule has 0 aromatic carbocycles. The highest BCUT2D eigenvalue weighted by Gasteiger charge is 1.97. The third-order valence-electron chi connectivity index (χ3n) is 1.80. The molecule has 0 aliphatic rings. The molecule has 0 radical (unpaired) electrons. The molecule has 0 amide bonds. The van der Waals surface area contributed by atoms with E-state index in [1.807, 2.05) is 11.4 Å². The second-order valence-corrected chi connectivity index (χ2v) is 5.38. The smallest absolute Gasteiger partial charge is 0.0516 e. The molecule has 0 saturated carbocycles. The highest BCUT2D eigenvalue weighted by Crippen LogP contribution is 2.18. The van der Waals surface area contributed by atoms with Crippen molar-refractivity contribution in [3.05, 3.63) is 43.7 Å². The topological polar surface area (TPSA) is 12.0 Å². The predicted molar refractivity (Wildman–Crippen MR) is 64.2 cm³/mol. The highest BCUT2D eigenvalue weighted by atomic mass is 35.5. The molecule has 74 valence electrons. The molecule has 0 saturated heterocycles. The van der Waals surface area contributed by atoms with Crippen LogP contribution in [-0.4, -0.2) is 0 Å². The van der Waals surface area contributed by atoms with Crippen LogP contribution in [0.1, 0.15) is 9.75 Å². The summed E-state index contributed by atoms with van der Waals surface area (Å²) in [6.07, 6.45) is 0. The molecule has 14 heavy (non-hydrogen) atoms. The van der Waals surface area contributed by atoms with Crippen LogP contribution in [0.25, 0.3) is 0 Å². The average Bonchev–Trinajstić information content (AvgIpc) is 2.77. The summed E-state index contributed by atoms with van der Waals surface area (Å²) in [4.78, 5) is 2.65. The van der Waals surface area contributed by atoms with Gasteiger partial charge in [-0.25, -0.2) is 0 Å². The van der Waals surface area contributed by atoms with Gasteiger partial charge in [-0.15, -0.1) is 22.7 Å². The maximum absolute atomic E-state index is 5.82. The van der Waals surface area contributed by atoms with Crippen LogP contribution in [-0.2, 0) is 13.1 Å². The van der Waals surface area contributed by atoms with Gasteiger partial charge in [0.05, 0.1) is 5.02 Å². The summed E-state index contributed by atoms with van der Waals surface area (Å²) in [5.41, 5.74) is 0. The summed E-state index contributed by atoms with van der Waals surface area (Å²) in [6, 6.07) is 6.22. The van der Waals surface area contributed by atoms with Crippen LogP contribution >= 0.6 is 34.3 Å². The third kappa shape index (κ3) is 2.82. The zero-order valence-corrected chi connectivity index (χ0v) is 9.88. The van der Waals surface area contributed by atoms with Crippen LogP contribution in [0, 0.1) is 0 Å². The van der Waals surface area contributed by atoms with Gasteiger partial charge in [-0.3, -0.25) is 0 Å². The maximum atomic E-state index is 5.82. The second kappa shape index (κ2) is 4.94. The van der Waals surface area contributed by atoms with E-state index in [0.29, 0.717) is 0 Å². The first-order valence-corrected chi connectivity index (χ1v) is 6.44. The van der Waals surface area contributed by atoms with Crippen molar-refractivity contribution in [1.82, 2.24) is 5.32 Å². The van der Waals surface area contributed by atoms with Crippen molar-refractivity contribution in [2.24, 2.45) is 0 Å². The summed E-state index contributed by atoms with van der Waals surface area (Å²) in [7, 11) is 0. The van der Waals surface area contributed by atoms with Gasteiger partial charge < -0.3 is 5.32 Å². The lowest BCUT2D eigenvalue weighted by molar-refractivity contribution is 0.709. The average molecular weight is 244 g/mol. The fourth-order valence-corrected chi connectivity index (χ4v) is 2.89. The number of rotatable bonds is 4. The minimum absolute atomic E-state index is 0.836. The van der Waals surface area contributed by atoms with E-state index in [9.17, 15) is 0 Å². The summed E-state index contributed by atoms with van der Waals surface area (Å²) < 4.78 is 0. The zero-order chi connectivity index (χ0) is 9.80. The lowest BCUT2D eigenvalue weighted by atomic mass is 10.4. The second-order valence-electron chi connectivity index (χ2n) is 2.91. The van der Waals surface area contributed by atoms with E-state index in [2.05, 4.69) is 22.8 Å². The Labute approximate surface area is 96.4 Å². The highest BCUT2D eigenvalue weighted by molar-refractivity contribution is 7.10. The van der Waals surface area contributed by atoms with Crippen molar-refractivity contribution < 1.29 is 0 Å². The van der Waals surface area contributed by atoms with Gasteiger partial charge in [-0.1, -0.05) is 17.7 Å². The molecule has 1 N–H and O–H groups in total. The molecule has 4 heteroatoms. The van der Waals surface area contributed by atoms with E-state index in [1.165, 1.54) is 9.75 Å². The molecule has 0 spiro atoms. The van der Waals surface area contributed by atoms with Crippen LogP contribution in [0.2, 0.25) is 5.02 Å². The maximum Gasteiger partial charge on any atom is 0.0516 e. The molecule has 2 heterocycles. The fourth-order valence-electron chi connectivity index (χ4n) is 1.17. The minimum Gasteiger partial charge on any atom is -0.307 e. The van der Waals surface area contributed by atoms with Crippen LogP contribution in [0.15, 0.2) is 29.0 Å². The minimum atomic E-state index is 0.836. The first-order valence-electron chi connectivity index (χ1n) is 4.30. The van der Waals surface area contributed by atoms with Crippen LogP contribution in [0.4, 0.5) is 0 Å². The van der Waals surface area contributed by atoms with Crippen molar-refractivity contribution in [2.45, 2.75) is 13.1 Å². The van der Waals surface area contributed by atoms with E-state index in [4.69, 9.17) is 11.6 Å². The number of halogens is 1. The van der Waals surface area contributed by atoms with Gasteiger partial charge in [0.1, 0.15) is 0 Å². The van der Waals surface area contributed by atoms with Crippen LogP contribution < -0.4 is 5.32 Å². The Morgan fingerprint density at radius 3 is 2.71 bits per heavy atom. The monoisotopic (exact) mass is 243 g/mol. The summed E-state index contributed by atoms with van der Waals surface area (Å²) in [6.45, 7) is 1.84. The molecule has 0 fully saturated rings. The fraction of sp³-hybridized carbons (Fsp3) is 0.200. The van der Waals surface area contributed by atoms with Gasteiger partial charge >= 0.3 is 0 Å². The normalized spacial score (nSPS) is 10.6. The first kappa shape index (κ1) is 10.2. The zero-order valence-electron chi connectivity index (χ0n) is 7.50. The molecule has 0 atom stereocenters. The molecule has 2 aromatic rings. The Morgan fingerprint density at radius 2 is 2.07 bits per heavy atom. The molecule has 2 rings (SSSR count). The lowest BCUT2D eigenvalue weighted by Crippen LogP contribution is -2.10. The van der Waals surface area contributed by atoms with Gasteiger partial charge in [-0.2, -0.15) is 0 Å². The number of nitrogens with one attached hydrogen (secondary N) is 1. The standard InChI is InChI=1S/C10H10ClNS2/c11-8-4-10(14-7-8)6-12-5-9-2-1-3-13-9/h1-4,7,12H,5-6H2. The predicted octanol–water partition coefficient (Wildman–Crippen LogP) is 3.75. The molecule has 2 aromatic heterocycles. The van der Waals surface area contributed by atoms with Gasteiger partial charge in [0.2, 0.25) is 0 Å². The van der Waals surface area contributed by atoms with Crippen LogP contribution in [0.3, 0.4) is 0 Å². The molecular formula is C10H10ClNS2. The van der Waals surface area contributed by atoms with Gasteiger partial charge in [0.15, 0.2) is 0 Å². The summed E-state index contributed by atoms with van der Waals surface area (Å²) in [5, 5.41) is 8.27. The molecule has 0 bridgehead atoms. The van der Waals surface area contributed by atoms with Crippen molar-refractivity contribution in [1.29, 1.82) is 0 Å². The number of hydrogen-bond acceptors (Lipinski definition) is 3. The molecule has 1 nitrogen and oxygen atoms in total. The number of hydrogen-bond donors (Lipinski definition) is 1. The summed E-state index contributed by atoms with van der Waals surface area (Å²) >= 11 is 9.30. The molecule has 0 aliphatic heterocycles. The molecular weight excluding hydrogens is 234 g/mol. The van der Waals surface area contributed by atoms with E-state index >= 15 is 0 Å². The Hall–Kier alpha value is -0.350.